The highest BCUT2D eigenvalue weighted by Crippen LogP contribution is 2.28. The first kappa shape index (κ1) is 21.7. The van der Waals surface area contributed by atoms with E-state index < -0.39 is 0 Å². The number of rotatable bonds is 7. The molecule has 1 aliphatic rings. The fraction of sp³-hybridized carbons (Fsp3) is 0.591. The Morgan fingerprint density at radius 2 is 1.83 bits per heavy atom. The monoisotopic (exact) mass is 416 g/mol. The van der Waals surface area contributed by atoms with Crippen LogP contribution in [0.5, 0.6) is 5.75 Å². The van der Waals surface area contributed by atoms with E-state index in [2.05, 4.69) is 42.5 Å². The maximum atomic E-state index is 12.8. The number of aromatic nitrogens is 3. The first-order valence-electron chi connectivity index (χ1n) is 10.4. The van der Waals surface area contributed by atoms with Gasteiger partial charge in [-0.15, -0.1) is 10.2 Å². The molecule has 2 heterocycles. The lowest BCUT2D eigenvalue weighted by molar-refractivity contribution is -0.130. The van der Waals surface area contributed by atoms with Gasteiger partial charge in [0.05, 0.1) is 12.9 Å². The summed E-state index contributed by atoms with van der Waals surface area (Å²) in [7, 11) is 1.66. The van der Waals surface area contributed by atoms with Crippen LogP contribution >= 0.6 is 11.8 Å². The molecule has 0 bridgehead atoms. The first-order valence-corrected chi connectivity index (χ1v) is 11.3. The van der Waals surface area contributed by atoms with Gasteiger partial charge in [0.1, 0.15) is 5.75 Å². The zero-order valence-electron chi connectivity index (χ0n) is 18.1. The number of piperidine rings is 1. The van der Waals surface area contributed by atoms with Gasteiger partial charge in [0.15, 0.2) is 11.0 Å². The molecule has 2 aromatic rings. The van der Waals surface area contributed by atoms with Crippen molar-refractivity contribution in [3.63, 3.8) is 0 Å². The van der Waals surface area contributed by atoms with Gasteiger partial charge in [0.2, 0.25) is 5.91 Å². The van der Waals surface area contributed by atoms with E-state index in [0.29, 0.717) is 23.5 Å². The van der Waals surface area contributed by atoms with Crippen LogP contribution in [0.3, 0.4) is 0 Å². The van der Waals surface area contributed by atoms with Crippen LogP contribution in [0.4, 0.5) is 0 Å². The minimum atomic E-state index is 0.193. The molecule has 158 valence electrons. The number of thioether (sulfide) groups is 1. The summed E-state index contributed by atoms with van der Waals surface area (Å²) in [6, 6.07) is 7.85. The van der Waals surface area contributed by atoms with Crippen LogP contribution < -0.4 is 4.74 Å². The molecule has 1 fully saturated rings. The number of hydrogen-bond acceptors (Lipinski definition) is 5. The van der Waals surface area contributed by atoms with Crippen molar-refractivity contribution in [3.8, 4) is 17.1 Å². The molecule has 0 saturated carbocycles. The Hall–Kier alpha value is -2.02. The minimum absolute atomic E-state index is 0.193. The van der Waals surface area contributed by atoms with Gasteiger partial charge < -0.3 is 14.2 Å². The second-order valence-electron chi connectivity index (χ2n) is 8.57. The van der Waals surface area contributed by atoms with E-state index >= 15 is 0 Å². The Morgan fingerprint density at radius 1 is 1.17 bits per heavy atom. The van der Waals surface area contributed by atoms with Gasteiger partial charge in [-0.2, -0.15) is 0 Å². The molecule has 29 heavy (non-hydrogen) atoms. The predicted octanol–water partition coefficient (Wildman–Crippen LogP) is 4.21. The normalized spacial score (nSPS) is 19.6. The third-order valence-corrected chi connectivity index (χ3v) is 6.11. The molecule has 7 heteroatoms. The predicted molar refractivity (Wildman–Crippen MR) is 117 cm³/mol. The van der Waals surface area contributed by atoms with Crippen LogP contribution in [0.1, 0.15) is 34.1 Å². The molecule has 1 aromatic carbocycles. The van der Waals surface area contributed by atoms with Crippen LogP contribution in [-0.2, 0) is 11.3 Å². The fourth-order valence-electron chi connectivity index (χ4n) is 3.96. The molecule has 0 unspecified atom stereocenters. The van der Waals surface area contributed by atoms with Crippen molar-refractivity contribution in [1.82, 2.24) is 19.7 Å². The average Bonchev–Trinajstić information content (AvgIpc) is 3.07. The lowest BCUT2D eigenvalue weighted by atomic mass is 9.92. The molecule has 2 atom stereocenters. The van der Waals surface area contributed by atoms with Crippen molar-refractivity contribution in [2.75, 3.05) is 26.0 Å². The van der Waals surface area contributed by atoms with Crippen molar-refractivity contribution in [2.45, 2.75) is 45.8 Å². The molecule has 3 rings (SSSR count). The fourth-order valence-corrected chi connectivity index (χ4v) is 4.81. The molecule has 1 amide bonds. The number of methoxy groups -OCH3 is 1. The van der Waals surface area contributed by atoms with Crippen molar-refractivity contribution in [1.29, 1.82) is 0 Å². The Bertz CT molecular complexity index is 809. The molecular weight excluding hydrogens is 384 g/mol. The standard InChI is InChI=1S/C22H32N4O2S/c1-15(2)11-26-21(18-6-8-19(28-5)9-7-18)23-24-22(26)29-14-20(27)25-12-16(3)10-17(4)13-25/h6-9,15-17H,10-14H2,1-5H3/t16-,17-/m1/s1. The average molecular weight is 417 g/mol. The highest BCUT2D eigenvalue weighted by Gasteiger charge is 2.26. The summed E-state index contributed by atoms with van der Waals surface area (Å²) in [5.74, 6) is 3.82. The van der Waals surface area contributed by atoms with Crippen LogP contribution in [0, 0.1) is 17.8 Å². The summed E-state index contributed by atoms with van der Waals surface area (Å²) in [5, 5.41) is 9.65. The van der Waals surface area contributed by atoms with Gasteiger partial charge in [-0.1, -0.05) is 39.5 Å². The summed E-state index contributed by atoms with van der Waals surface area (Å²) in [6.07, 6.45) is 1.20. The van der Waals surface area contributed by atoms with Crippen LogP contribution in [0.2, 0.25) is 0 Å². The number of likely N-dealkylation sites (tertiary alicyclic amines) is 1. The van der Waals surface area contributed by atoms with Gasteiger partial charge in [-0.05, 0) is 48.4 Å². The number of nitrogens with zero attached hydrogens (tertiary/aromatic N) is 4. The Labute approximate surface area is 178 Å². The quantitative estimate of drug-likeness (QED) is 0.633. The van der Waals surface area contributed by atoms with Crippen molar-refractivity contribution >= 4 is 17.7 Å². The smallest absolute Gasteiger partial charge is 0.233 e. The zero-order valence-corrected chi connectivity index (χ0v) is 18.9. The summed E-state index contributed by atoms with van der Waals surface area (Å²) in [6.45, 7) is 11.3. The van der Waals surface area contributed by atoms with Gasteiger partial charge in [0.25, 0.3) is 0 Å². The topological polar surface area (TPSA) is 60.3 Å². The molecule has 1 aliphatic heterocycles. The highest BCUT2D eigenvalue weighted by molar-refractivity contribution is 7.99. The molecular formula is C22H32N4O2S. The Kier molecular flexibility index (Phi) is 7.22. The SMILES string of the molecule is COc1ccc(-c2nnc(SCC(=O)N3C[C@H](C)C[C@@H](C)C3)n2CC(C)C)cc1. The lowest BCUT2D eigenvalue weighted by Gasteiger charge is -2.35. The number of carbonyl (C=O) groups excluding carboxylic acids is 1. The molecule has 0 radical (unpaired) electrons. The molecule has 0 spiro atoms. The van der Waals surface area contributed by atoms with Crippen LogP contribution in [0.25, 0.3) is 11.4 Å². The maximum Gasteiger partial charge on any atom is 0.233 e. The zero-order chi connectivity index (χ0) is 21.0. The van der Waals surface area contributed by atoms with E-state index in [1.807, 2.05) is 29.2 Å². The van der Waals surface area contributed by atoms with E-state index in [1.54, 1.807) is 7.11 Å². The van der Waals surface area contributed by atoms with E-state index in [1.165, 1.54) is 18.2 Å². The second-order valence-corrected chi connectivity index (χ2v) is 9.52. The summed E-state index contributed by atoms with van der Waals surface area (Å²) < 4.78 is 7.38. The number of hydrogen-bond donors (Lipinski definition) is 0. The third-order valence-electron chi connectivity index (χ3n) is 5.16. The number of ether oxygens (including phenoxy) is 1. The van der Waals surface area contributed by atoms with Gasteiger partial charge in [-0.25, -0.2) is 0 Å². The van der Waals surface area contributed by atoms with E-state index in [-0.39, 0.29) is 5.91 Å². The summed E-state index contributed by atoms with van der Waals surface area (Å²) >= 11 is 1.49. The third kappa shape index (κ3) is 5.53. The highest BCUT2D eigenvalue weighted by atomic mass is 32.2. The Morgan fingerprint density at radius 3 is 2.41 bits per heavy atom. The molecule has 1 saturated heterocycles. The molecule has 1 aromatic heterocycles. The van der Waals surface area contributed by atoms with Crippen LogP contribution in [0.15, 0.2) is 29.4 Å². The van der Waals surface area contributed by atoms with E-state index in [9.17, 15) is 4.79 Å². The summed E-state index contributed by atoms with van der Waals surface area (Å²) in [5.41, 5.74) is 0.996. The minimum Gasteiger partial charge on any atom is -0.497 e. The van der Waals surface area contributed by atoms with E-state index in [0.717, 1.165) is 41.9 Å². The number of benzene rings is 1. The second kappa shape index (κ2) is 9.65. The largest absolute Gasteiger partial charge is 0.497 e. The number of carbonyl (C=O) groups is 1. The van der Waals surface area contributed by atoms with Crippen molar-refractivity contribution < 1.29 is 9.53 Å². The number of amides is 1. The van der Waals surface area contributed by atoms with Gasteiger partial charge in [0, 0.05) is 25.2 Å². The molecule has 6 nitrogen and oxygen atoms in total. The van der Waals surface area contributed by atoms with Gasteiger partial charge >= 0.3 is 0 Å². The maximum absolute atomic E-state index is 12.8. The molecule has 0 aliphatic carbocycles. The summed E-state index contributed by atoms with van der Waals surface area (Å²) in [4.78, 5) is 14.8. The van der Waals surface area contributed by atoms with Crippen molar-refractivity contribution in [3.05, 3.63) is 24.3 Å². The van der Waals surface area contributed by atoms with Gasteiger partial charge in [-0.3, -0.25) is 4.79 Å². The lowest BCUT2D eigenvalue weighted by Crippen LogP contribution is -2.43. The first-order chi connectivity index (χ1) is 13.9. The molecule has 0 N–H and O–H groups in total. The Balaban J connectivity index is 1.74. The van der Waals surface area contributed by atoms with Crippen LogP contribution in [-0.4, -0.2) is 51.5 Å². The van der Waals surface area contributed by atoms with E-state index in [4.69, 9.17) is 4.74 Å². The van der Waals surface area contributed by atoms with Crippen molar-refractivity contribution in [2.24, 2.45) is 17.8 Å².